The fraction of sp³-hybridized carbons (Fsp3) is 0.303. The van der Waals surface area contributed by atoms with Gasteiger partial charge in [0.2, 0.25) is 0 Å². The molecule has 10 nitrogen and oxygen atoms in total. The van der Waals surface area contributed by atoms with E-state index in [-0.39, 0.29) is 30.9 Å². The Hall–Kier alpha value is -3.65. The Balaban J connectivity index is 1.93. The van der Waals surface area contributed by atoms with Crippen LogP contribution in [0.3, 0.4) is 0 Å². The molecule has 0 saturated heterocycles. The first-order chi connectivity index (χ1) is 22.2. The number of hydrogen-bond donors (Lipinski definition) is 0. The number of amides is 1. The number of carbonyl (C=O) groups excluding carboxylic acids is 5. The number of benzene rings is 2. The van der Waals surface area contributed by atoms with Gasteiger partial charge in [-0.25, -0.2) is 19.2 Å². The highest BCUT2D eigenvalue weighted by molar-refractivity contribution is 8.26. The largest absolute Gasteiger partial charge is 0.466 e. The number of ether oxygens (including phenoxy) is 4. The molecule has 1 amide bonds. The summed E-state index contributed by atoms with van der Waals surface area (Å²) >= 11 is 9.26. The number of anilines is 1. The number of carbonyl (C=O) groups is 5. The lowest BCUT2D eigenvalue weighted by atomic mass is 9.82. The van der Waals surface area contributed by atoms with E-state index in [9.17, 15) is 24.0 Å². The Morgan fingerprint density at radius 1 is 0.745 bits per heavy atom. The molecule has 1 spiro atoms. The second-order valence-electron chi connectivity index (χ2n) is 11.1. The molecule has 3 aliphatic heterocycles. The van der Waals surface area contributed by atoms with Gasteiger partial charge in [-0.05, 0) is 63.1 Å². The summed E-state index contributed by atoms with van der Waals surface area (Å²) in [6.07, 6.45) is 0. The number of thioether (sulfide) groups is 3. The monoisotopic (exact) mass is 715 g/mol. The van der Waals surface area contributed by atoms with E-state index in [0.29, 0.717) is 21.7 Å². The second kappa shape index (κ2) is 12.8. The summed E-state index contributed by atoms with van der Waals surface area (Å²) < 4.78 is 18.8. The zero-order valence-corrected chi connectivity index (χ0v) is 29.9. The van der Waals surface area contributed by atoms with E-state index in [1.807, 2.05) is 39.8 Å². The molecule has 0 atom stereocenters. The molecule has 0 aliphatic carbocycles. The van der Waals surface area contributed by atoms with Crippen molar-refractivity contribution in [3.8, 4) is 0 Å². The number of esters is 4. The van der Waals surface area contributed by atoms with Gasteiger partial charge in [0.05, 0.1) is 55.8 Å². The Morgan fingerprint density at radius 2 is 1.26 bits per heavy atom. The Morgan fingerprint density at radius 3 is 1.79 bits per heavy atom. The fourth-order valence-corrected chi connectivity index (χ4v) is 11.0. The van der Waals surface area contributed by atoms with Gasteiger partial charge in [0.1, 0.15) is 18.8 Å². The van der Waals surface area contributed by atoms with Gasteiger partial charge < -0.3 is 18.9 Å². The van der Waals surface area contributed by atoms with E-state index < -0.39 is 39.4 Å². The second-order valence-corrected chi connectivity index (χ2v) is 15.2. The van der Waals surface area contributed by atoms with Crippen LogP contribution in [-0.4, -0.2) is 67.8 Å². The quantitative estimate of drug-likeness (QED) is 0.259. The minimum Gasteiger partial charge on any atom is -0.466 e. The number of nitrogens with zero attached hydrogens (tertiary/aromatic N) is 1. The lowest BCUT2D eigenvalue weighted by Crippen LogP contribution is -2.54. The highest BCUT2D eigenvalue weighted by atomic mass is 35.5. The molecule has 5 rings (SSSR count). The van der Waals surface area contributed by atoms with Crippen LogP contribution >= 0.6 is 46.9 Å². The summed E-state index contributed by atoms with van der Waals surface area (Å²) in [6.45, 7) is 7.45. The number of hydrogen-bond acceptors (Lipinski definition) is 12. The Labute approximate surface area is 289 Å². The molecule has 2 aromatic rings. The topological polar surface area (TPSA) is 126 Å². The predicted molar refractivity (Wildman–Crippen MR) is 183 cm³/mol. The van der Waals surface area contributed by atoms with E-state index >= 15 is 0 Å². The van der Waals surface area contributed by atoms with Crippen molar-refractivity contribution < 1.29 is 42.9 Å². The van der Waals surface area contributed by atoms with E-state index in [1.54, 1.807) is 29.2 Å². The zero-order valence-electron chi connectivity index (χ0n) is 26.7. The number of halogens is 1. The highest BCUT2D eigenvalue weighted by Crippen LogP contribution is 2.71. The van der Waals surface area contributed by atoms with Crippen molar-refractivity contribution in [2.24, 2.45) is 0 Å². The van der Waals surface area contributed by atoms with Crippen LogP contribution < -0.4 is 4.90 Å². The van der Waals surface area contributed by atoms with Crippen molar-refractivity contribution in [1.82, 2.24) is 0 Å². The van der Waals surface area contributed by atoms with Gasteiger partial charge >= 0.3 is 23.9 Å². The third kappa shape index (κ3) is 5.37. The van der Waals surface area contributed by atoms with Crippen LogP contribution in [-0.2, 0) is 38.1 Å². The van der Waals surface area contributed by atoms with Crippen LogP contribution in [0.1, 0.15) is 40.9 Å². The SMILES string of the molecule is COC(=O)C1=C(C(=O)OC)SC2(S1)C(C(=O)OC)=C(C(=O)OC)SC1=C2c2cc(C)c(C)cc2N(C(=O)c2ccccc2Cl)C1(C)C. The minimum absolute atomic E-state index is 0.119. The summed E-state index contributed by atoms with van der Waals surface area (Å²) in [7, 11) is 4.68. The first-order valence-electron chi connectivity index (χ1n) is 14.0. The molecule has 47 heavy (non-hydrogen) atoms. The normalized spacial score (nSPS) is 17.7. The van der Waals surface area contributed by atoms with E-state index in [4.69, 9.17) is 30.5 Å². The molecule has 0 unspecified atom stereocenters. The van der Waals surface area contributed by atoms with Gasteiger partial charge in [-0.3, -0.25) is 9.69 Å². The van der Waals surface area contributed by atoms with Crippen molar-refractivity contribution >= 4 is 87.9 Å². The average Bonchev–Trinajstić information content (AvgIpc) is 3.44. The van der Waals surface area contributed by atoms with Crippen LogP contribution in [0.25, 0.3) is 5.57 Å². The first-order valence-corrected chi connectivity index (χ1v) is 16.9. The summed E-state index contributed by atoms with van der Waals surface area (Å²) in [5.41, 5.74) is 2.21. The van der Waals surface area contributed by atoms with Crippen molar-refractivity contribution in [3.63, 3.8) is 0 Å². The van der Waals surface area contributed by atoms with Crippen molar-refractivity contribution in [2.45, 2.75) is 37.3 Å². The van der Waals surface area contributed by atoms with Gasteiger partial charge in [0.25, 0.3) is 5.91 Å². The maximum Gasteiger partial charge on any atom is 0.345 e. The standard InChI is InChI=1S/C33H30ClNO9S3/c1-15-13-18-20(14-16(15)2)35(27(36)17-11-9-10-12-19(17)34)32(3,4)26-21(18)33(22(28(37)41-5)23(45-26)29(38)42-6)46-24(30(39)43-7)25(47-33)31(40)44-8/h9-14H,1-8H3. The lowest BCUT2D eigenvalue weighted by molar-refractivity contribution is -0.138. The molecule has 0 N–H and O–H groups in total. The van der Waals surface area contributed by atoms with Gasteiger partial charge in [0.15, 0.2) is 0 Å². The number of methoxy groups -OCH3 is 4. The number of aryl methyl sites for hydroxylation is 2. The van der Waals surface area contributed by atoms with Crippen LogP contribution in [0.15, 0.2) is 61.6 Å². The number of rotatable bonds is 5. The molecule has 0 fully saturated rings. The fourth-order valence-electron chi connectivity index (χ4n) is 5.69. The summed E-state index contributed by atoms with van der Waals surface area (Å²) in [5, 5.41) is 0.255. The van der Waals surface area contributed by atoms with Crippen molar-refractivity contribution in [2.75, 3.05) is 33.3 Å². The molecule has 0 radical (unpaired) electrons. The number of fused-ring (bicyclic) bond motifs is 3. The first kappa shape index (κ1) is 34.7. The van der Waals surface area contributed by atoms with Crippen LogP contribution in [0.5, 0.6) is 0 Å². The Bertz CT molecular complexity index is 1850. The van der Waals surface area contributed by atoms with Gasteiger partial charge in [0, 0.05) is 16.0 Å². The third-order valence-electron chi connectivity index (χ3n) is 8.06. The molecule has 0 saturated carbocycles. The lowest BCUT2D eigenvalue weighted by Gasteiger charge is -2.51. The molecule has 2 aromatic carbocycles. The summed E-state index contributed by atoms with van der Waals surface area (Å²) in [6, 6.07) is 10.5. The highest BCUT2D eigenvalue weighted by Gasteiger charge is 2.62. The molecule has 3 aliphatic rings. The smallest absolute Gasteiger partial charge is 0.345 e. The van der Waals surface area contributed by atoms with Gasteiger partial charge in [-0.2, -0.15) is 0 Å². The van der Waals surface area contributed by atoms with E-state index in [1.165, 1.54) is 28.4 Å². The summed E-state index contributed by atoms with van der Waals surface area (Å²) in [5.74, 6) is -3.80. The van der Waals surface area contributed by atoms with Crippen LogP contribution in [0, 0.1) is 13.8 Å². The average molecular weight is 716 g/mol. The van der Waals surface area contributed by atoms with Crippen molar-refractivity contribution in [1.29, 1.82) is 0 Å². The molecule has 246 valence electrons. The summed E-state index contributed by atoms with van der Waals surface area (Å²) in [4.78, 5) is 70.1. The predicted octanol–water partition coefficient (Wildman–Crippen LogP) is 6.19. The van der Waals surface area contributed by atoms with Crippen LogP contribution in [0.2, 0.25) is 5.02 Å². The molecule has 0 bridgehead atoms. The maximum atomic E-state index is 14.5. The van der Waals surface area contributed by atoms with E-state index in [0.717, 1.165) is 46.4 Å². The molecular formula is C33H30ClNO9S3. The van der Waals surface area contributed by atoms with Crippen LogP contribution in [0.4, 0.5) is 5.69 Å². The molecule has 3 heterocycles. The third-order valence-corrected chi connectivity index (χ3v) is 13.0. The van der Waals surface area contributed by atoms with Gasteiger partial charge in [-0.1, -0.05) is 59.0 Å². The maximum absolute atomic E-state index is 14.5. The molecule has 0 aromatic heterocycles. The van der Waals surface area contributed by atoms with Gasteiger partial charge in [-0.15, -0.1) is 0 Å². The van der Waals surface area contributed by atoms with E-state index in [2.05, 4.69) is 0 Å². The molecular weight excluding hydrogens is 686 g/mol. The molecule has 14 heteroatoms. The Kier molecular flexibility index (Phi) is 9.41. The van der Waals surface area contributed by atoms with Crippen molar-refractivity contribution in [3.05, 3.63) is 88.9 Å². The zero-order chi connectivity index (χ0) is 34.6. The minimum atomic E-state index is -1.67.